The first kappa shape index (κ1) is 19.0. The van der Waals surface area contributed by atoms with Gasteiger partial charge in [0.15, 0.2) is 21.3 Å². The maximum Gasteiger partial charge on any atom is 0.251 e. The third-order valence-electron chi connectivity index (χ3n) is 5.43. The van der Waals surface area contributed by atoms with Gasteiger partial charge in [-0.3, -0.25) is 14.5 Å². The molecule has 0 radical (unpaired) electrons. The molecule has 0 aliphatic carbocycles. The topological polar surface area (TPSA) is 105 Å². The molecule has 0 saturated carbocycles. The van der Waals surface area contributed by atoms with Gasteiger partial charge in [0.05, 0.1) is 18.1 Å². The van der Waals surface area contributed by atoms with Crippen LogP contribution in [-0.2, 0) is 14.6 Å². The normalized spacial score (nSPS) is 23.6. The van der Waals surface area contributed by atoms with Crippen LogP contribution in [0.15, 0.2) is 18.2 Å². The van der Waals surface area contributed by atoms with E-state index in [4.69, 9.17) is 9.47 Å². The van der Waals surface area contributed by atoms with Crippen LogP contribution in [0.4, 0.5) is 0 Å². The SMILES string of the molecule is O=C(NCC(=O)N1CCN(C2CCS(=O)(=O)C2)CC1)c1ccc2c(c1)OCO2. The van der Waals surface area contributed by atoms with Gasteiger partial charge in [-0.2, -0.15) is 0 Å². The fourth-order valence-electron chi connectivity index (χ4n) is 3.81. The molecule has 1 aromatic carbocycles. The van der Waals surface area contributed by atoms with Crippen molar-refractivity contribution in [1.82, 2.24) is 15.1 Å². The van der Waals surface area contributed by atoms with E-state index in [1.165, 1.54) is 0 Å². The summed E-state index contributed by atoms with van der Waals surface area (Å²) in [6.45, 7) is 2.44. The van der Waals surface area contributed by atoms with Crippen molar-refractivity contribution < 1.29 is 27.5 Å². The summed E-state index contributed by atoms with van der Waals surface area (Å²) in [5.74, 6) is 1.09. The average Bonchev–Trinajstić information content (AvgIpc) is 3.31. The number of benzene rings is 1. The van der Waals surface area contributed by atoms with Crippen molar-refractivity contribution >= 4 is 21.7 Å². The Kier molecular flexibility index (Phi) is 5.15. The van der Waals surface area contributed by atoms with Gasteiger partial charge in [-0.05, 0) is 24.6 Å². The first-order chi connectivity index (χ1) is 13.4. The minimum absolute atomic E-state index is 0.0629. The summed E-state index contributed by atoms with van der Waals surface area (Å²) < 4.78 is 33.7. The molecule has 10 heteroatoms. The molecule has 1 N–H and O–H groups in total. The average molecular weight is 409 g/mol. The van der Waals surface area contributed by atoms with E-state index >= 15 is 0 Å². The fourth-order valence-corrected chi connectivity index (χ4v) is 5.57. The number of sulfone groups is 1. The molecule has 0 bridgehead atoms. The minimum atomic E-state index is -2.91. The summed E-state index contributed by atoms with van der Waals surface area (Å²) in [7, 11) is -2.91. The fraction of sp³-hybridized carbons (Fsp3) is 0.556. The summed E-state index contributed by atoms with van der Waals surface area (Å²) in [4.78, 5) is 28.5. The molecule has 2 saturated heterocycles. The zero-order chi connectivity index (χ0) is 19.7. The van der Waals surface area contributed by atoms with E-state index in [-0.39, 0.29) is 42.7 Å². The third-order valence-corrected chi connectivity index (χ3v) is 7.18. The van der Waals surface area contributed by atoms with Gasteiger partial charge in [0.2, 0.25) is 12.7 Å². The van der Waals surface area contributed by atoms with E-state index in [0.717, 1.165) is 0 Å². The zero-order valence-corrected chi connectivity index (χ0v) is 16.2. The Bertz CT molecular complexity index is 879. The van der Waals surface area contributed by atoms with E-state index in [1.54, 1.807) is 23.1 Å². The van der Waals surface area contributed by atoms with Crippen LogP contribution in [0.5, 0.6) is 11.5 Å². The van der Waals surface area contributed by atoms with E-state index in [1.807, 2.05) is 0 Å². The Balaban J connectivity index is 1.24. The zero-order valence-electron chi connectivity index (χ0n) is 15.4. The molecule has 3 heterocycles. The number of fused-ring (bicyclic) bond motifs is 1. The van der Waals surface area contributed by atoms with Crippen LogP contribution in [-0.4, -0.2) is 87.1 Å². The lowest BCUT2D eigenvalue weighted by Gasteiger charge is -2.37. The maximum atomic E-state index is 12.4. The van der Waals surface area contributed by atoms with Crippen LogP contribution >= 0.6 is 0 Å². The molecular formula is C18H23N3O6S. The second kappa shape index (κ2) is 7.59. The van der Waals surface area contributed by atoms with Crippen molar-refractivity contribution in [1.29, 1.82) is 0 Å². The van der Waals surface area contributed by atoms with E-state index < -0.39 is 9.84 Å². The van der Waals surface area contributed by atoms with Gasteiger partial charge in [-0.1, -0.05) is 0 Å². The number of hydrogen-bond acceptors (Lipinski definition) is 7. The molecule has 0 spiro atoms. The molecular weight excluding hydrogens is 386 g/mol. The van der Waals surface area contributed by atoms with E-state index in [9.17, 15) is 18.0 Å². The standard InChI is InChI=1S/C18H23N3O6S/c22-17(10-19-18(23)13-1-2-15-16(9-13)27-12-26-15)21-6-4-20(5-7-21)14-3-8-28(24,25)11-14/h1-2,9,14H,3-8,10-12H2,(H,19,23). The highest BCUT2D eigenvalue weighted by atomic mass is 32.2. The summed E-state index contributed by atoms with van der Waals surface area (Å²) in [5, 5.41) is 2.64. The number of carbonyl (C=O) groups excluding carboxylic acids is 2. The van der Waals surface area contributed by atoms with Crippen molar-refractivity contribution in [2.24, 2.45) is 0 Å². The monoisotopic (exact) mass is 409 g/mol. The van der Waals surface area contributed by atoms with Gasteiger partial charge in [0, 0.05) is 37.8 Å². The van der Waals surface area contributed by atoms with Crippen molar-refractivity contribution in [3.63, 3.8) is 0 Å². The molecule has 1 unspecified atom stereocenters. The predicted octanol–water partition coefficient (Wildman–Crippen LogP) is -0.524. The van der Waals surface area contributed by atoms with E-state index in [2.05, 4.69) is 10.2 Å². The number of hydrogen-bond donors (Lipinski definition) is 1. The largest absolute Gasteiger partial charge is 0.454 e. The molecule has 3 aliphatic heterocycles. The molecule has 2 amide bonds. The first-order valence-electron chi connectivity index (χ1n) is 9.31. The van der Waals surface area contributed by atoms with Crippen molar-refractivity contribution in [2.75, 3.05) is 51.0 Å². The predicted molar refractivity (Wildman–Crippen MR) is 100 cm³/mol. The molecule has 28 heavy (non-hydrogen) atoms. The van der Waals surface area contributed by atoms with Crippen LogP contribution in [0, 0.1) is 0 Å². The lowest BCUT2D eigenvalue weighted by Crippen LogP contribution is -2.53. The van der Waals surface area contributed by atoms with Gasteiger partial charge in [-0.15, -0.1) is 0 Å². The van der Waals surface area contributed by atoms with Crippen LogP contribution in [0.3, 0.4) is 0 Å². The van der Waals surface area contributed by atoms with Crippen LogP contribution in [0.1, 0.15) is 16.8 Å². The van der Waals surface area contributed by atoms with Crippen LogP contribution in [0.25, 0.3) is 0 Å². The molecule has 1 aromatic rings. The Morgan fingerprint density at radius 2 is 1.86 bits per heavy atom. The van der Waals surface area contributed by atoms with Gasteiger partial charge in [-0.25, -0.2) is 8.42 Å². The molecule has 1 atom stereocenters. The molecule has 9 nitrogen and oxygen atoms in total. The number of carbonyl (C=O) groups is 2. The highest BCUT2D eigenvalue weighted by Gasteiger charge is 2.34. The van der Waals surface area contributed by atoms with Crippen molar-refractivity contribution in [3.05, 3.63) is 23.8 Å². The molecule has 3 aliphatic rings. The Morgan fingerprint density at radius 3 is 2.57 bits per heavy atom. The first-order valence-corrected chi connectivity index (χ1v) is 11.1. The number of nitrogens with zero attached hydrogens (tertiary/aromatic N) is 2. The number of rotatable bonds is 4. The van der Waals surface area contributed by atoms with Crippen LogP contribution < -0.4 is 14.8 Å². The van der Waals surface area contributed by atoms with Gasteiger partial charge < -0.3 is 19.7 Å². The Hall–Kier alpha value is -2.33. The smallest absolute Gasteiger partial charge is 0.251 e. The van der Waals surface area contributed by atoms with Gasteiger partial charge in [0.1, 0.15) is 0 Å². The summed E-state index contributed by atoms with van der Waals surface area (Å²) in [6, 6.07) is 4.95. The lowest BCUT2D eigenvalue weighted by atomic mass is 10.2. The Labute approximate surface area is 163 Å². The van der Waals surface area contributed by atoms with Gasteiger partial charge in [0.25, 0.3) is 5.91 Å². The van der Waals surface area contributed by atoms with Crippen molar-refractivity contribution in [3.8, 4) is 11.5 Å². The third kappa shape index (κ3) is 4.07. The Morgan fingerprint density at radius 1 is 1.11 bits per heavy atom. The second-order valence-electron chi connectivity index (χ2n) is 7.22. The summed E-state index contributed by atoms with van der Waals surface area (Å²) in [5.41, 5.74) is 0.407. The number of ether oxygens (including phenoxy) is 2. The quantitative estimate of drug-likeness (QED) is 0.713. The number of amides is 2. The van der Waals surface area contributed by atoms with Crippen LogP contribution in [0.2, 0.25) is 0 Å². The molecule has 152 valence electrons. The number of piperazine rings is 1. The summed E-state index contributed by atoms with van der Waals surface area (Å²) in [6.07, 6.45) is 0.669. The maximum absolute atomic E-state index is 12.4. The highest BCUT2D eigenvalue weighted by Crippen LogP contribution is 2.32. The lowest BCUT2D eigenvalue weighted by molar-refractivity contribution is -0.132. The number of nitrogens with one attached hydrogen (secondary N) is 1. The van der Waals surface area contributed by atoms with Gasteiger partial charge >= 0.3 is 0 Å². The molecule has 2 fully saturated rings. The second-order valence-corrected chi connectivity index (χ2v) is 9.45. The minimum Gasteiger partial charge on any atom is -0.454 e. The summed E-state index contributed by atoms with van der Waals surface area (Å²) >= 11 is 0. The molecule has 0 aromatic heterocycles. The van der Waals surface area contributed by atoms with Crippen molar-refractivity contribution in [2.45, 2.75) is 12.5 Å². The highest BCUT2D eigenvalue weighted by molar-refractivity contribution is 7.91. The van der Waals surface area contributed by atoms with E-state index in [0.29, 0.717) is 49.7 Å². The molecule has 4 rings (SSSR count).